The molecule has 43 valence electrons. The van der Waals surface area contributed by atoms with Crippen molar-refractivity contribution in [3.05, 3.63) is 17.9 Å². The van der Waals surface area contributed by atoms with Gasteiger partial charge >= 0.3 is 53.8 Å². The first-order chi connectivity index (χ1) is 2.89. The molecule has 1 aromatic heterocycles. The van der Waals surface area contributed by atoms with Crippen LogP contribution in [0.2, 0.25) is 0 Å². The van der Waals surface area contributed by atoms with Gasteiger partial charge < -0.3 is 24.8 Å². The van der Waals surface area contributed by atoms with Crippen LogP contribution in [0.1, 0.15) is 0 Å². The Hall–Kier alpha value is 1.24. The van der Waals surface area contributed by atoms with Crippen LogP contribution in [0.4, 0.5) is 0 Å². The predicted molar refractivity (Wildman–Crippen MR) is 25.6 cm³/mol. The van der Waals surface area contributed by atoms with E-state index in [0.717, 1.165) is 8.19 Å². The van der Waals surface area contributed by atoms with Crippen LogP contribution in [0, 0.1) is 0 Å². The molecule has 1 aromatic rings. The molecule has 1 heterocycles. The first kappa shape index (κ1) is 12.0. The molecule has 0 aromatic carbocycles. The SMILES string of the molecule is [Cl-].[Cl-].[Zr+2][c]1ccc[pH]1. The second-order valence-corrected chi connectivity index (χ2v) is 4.80. The first-order valence-electron chi connectivity index (χ1n) is 1.74. The molecule has 4 heteroatoms. The maximum atomic E-state index is 2.21. The predicted octanol–water partition coefficient (Wildman–Crippen LogP) is -5.10. The monoisotopic (exact) mass is 243 g/mol. The van der Waals surface area contributed by atoms with Gasteiger partial charge in [0.15, 0.2) is 0 Å². The third kappa shape index (κ3) is 4.15. The summed E-state index contributed by atoms with van der Waals surface area (Å²) in [6, 6.07) is 4.32. The van der Waals surface area contributed by atoms with E-state index in [9.17, 15) is 0 Å². The third-order valence-corrected chi connectivity index (χ3v) is 2.91. The van der Waals surface area contributed by atoms with Gasteiger partial charge in [-0.3, -0.25) is 0 Å². The second kappa shape index (κ2) is 6.36. The van der Waals surface area contributed by atoms with E-state index >= 15 is 0 Å². The molecule has 0 nitrogen and oxygen atoms in total. The Balaban J connectivity index is 0. The summed E-state index contributed by atoms with van der Waals surface area (Å²) in [5.41, 5.74) is 0. The van der Waals surface area contributed by atoms with Crippen LogP contribution in [0.15, 0.2) is 17.9 Å². The van der Waals surface area contributed by atoms with Crippen LogP contribution in [-0.2, 0) is 24.7 Å². The zero-order chi connectivity index (χ0) is 4.41. The Morgan fingerprint density at radius 1 is 1.38 bits per heavy atom. The van der Waals surface area contributed by atoms with E-state index in [0.29, 0.717) is 0 Å². The van der Waals surface area contributed by atoms with Gasteiger partial charge in [0.25, 0.3) is 0 Å². The topological polar surface area (TPSA) is 0 Å². The van der Waals surface area contributed by atoms with Crippen molar-refractivity contribution in [2.45, 2.75) is 0 Å². The summed E-state index contributed by atoms with van der Waals surface area (Å²) in [5, 5.41) is 0. The van der Waals surface area contributed by atoms with Crippen molar-refractivity contribution in [2.75, 3.05) is 0 Å². The number of rotatable bonds is 0. The summed E-state index contributed by atoms with van der Waals surface area (Å²) in [6.45, 7) is 0. The minimum atomic E-state index is 0. The molecule has 0 aliphatic carbocycles. The van der Waals surface area contributed by atoms with Crippen LogP contribution >= 0.6 is 8.19 Å². The van der Waals surface area contributed by atoms with Crippen molar-refractivity contribution < 1.29 is 49.5 Å². The van der Waals surface area contributed by atoms with Crippen molar-refractivity contribution in [1.29, 1.82) is 0 Å². The van der Waals surface area contributed by atoms with Gasteiger partial charge in [0.05, 0.1) is 0 Å². The van der Waals surface area contributed by atoms with Crippen LogP contribution in [-0.4, -0.2) is 0 Å². The van der Waals surface area contributed by atoms with E-state index in [1.807, 2.05) is 0 Å². The van der Waals surface area contributed by atoms with Gasteiger partial charge in [0.2, 0.25) is 0 Å². The standard InChI is InChI=1S/C4H4P.2ClH.Zr/c1-2-4-5-3-1;;;/h1-3,5H;2*1H;/q;;;+2/p-2. The summed E-state index contributed by atoms with van der Waals surface area (Å²) in [5.74, 6) is 2.21. The normalized spacial score (nSPS) is 7.75. The van der Waals surface area contributed by atoms with E-state index in [1.165, 1.54) is 0 Å². The molecule has 1 unspecified atom stereocenters. The summed E-state index contributed by atoms with van der Waals surface area (Å²) in [7, 11) is 1.00. The van der Waals surface area contributed by atoms with Crippen molar-refractivity contribution in [3.63, 3.8) is 0 Å². The quantitative estimate of drug-likeness (QED) is 0.429. The van der Waals surface area contributed by atoms with Gasteiger partial charge in [0, 0.05) is 0 Å². The Morgan fingerprint density at radius 3 is 2.12 bits per heavy atom. The van der Waals surface area contributed by atoms with Gasteiger partial charge in [0.1, 0.15) is 0 Å². The average Bonchev–Trinajstić information content (AvgIpc) is 1.86. The van der Waals surface area contributed by atoms with Crippen molar-refractivity contribution >= 4 is 11.2 Å². The van der Waals surface area contributed by atoms with Crippen LogP contribution in [0.5, 0.6) is 0 Å². The summed E-state index contributed by atoms with van der Waals surface area (Å²) >= 11 is 1.58. The molecule has 0 aliphatic rings. The van der Waals surface area contributed by atoms with Gasteiger partial charge in [-0.1, -0.05) is 0 Å². The zero-order valence-corrected chi connectivity index (χ0v) is 8.96. The summed E-state index contributed by atoms with van der Waals surface area (Å²) in [4.78, 5) is 0. The third-order valence-electron chi connectivity index (χ3n) is 0.598. The van der Waals surface area contributed by atoms with E-state index in [-0.39, 0.29) is 24.8 Å². The Kier molecular flexibility index (Phi) is 9.52. The molecular formula is C4H4Cl2PZr. The fraction of sp³-hybridized carbons (Fsp3) is 0. The zero-order valence-electron chi connectivity index (χ0n) is 3.99. The molecule has 0 amide bonds. The van der Waals surface area contributed by atoms with Gasteiger partial charge in [-0.2, -0.15) is 0 Å². The Bertz CT molecular complexity index is 118. The number of hydrogen-bond donors (Lipinski definition) is 0. The molecule has 0 saturated heterocycles. The molecule has 0 bridgehead atoms. The van der Waals surface area contributed by atoms with Gasteiger partial charge in [-0.15, -0.1) is 0 Å². The van der Waals surface area contributed by atoms with E-state index < -0.39 is 0 Å². The number of hydrogen-bond acceptors (Lipinski definition) is 0. The summed E-state index contributed by atoms with van der Waals surface area (Å²) < 4.78 is 1.59. The van der Waals surface area contributed by atoms with Crippen molar-refractivity contribution in [3.8, 4) is 0 Å². The first-order valence-corrected chi connectivity index (χ1v) is 4.05. The average molecular weight is 245 g/mol. The molecule has 8 heavy (non-hydrogen) atoms. The number of halogens is 2. The Morgan fingerprint density at radius 2 is 2.00 bits per heavy atom. The van der Waals surface area contributed by atoms with Crippen molar-refractivity contribution in [2.24, 2.45) is 0 Å². The molecular weight excluding hydrogens is 241 g/mol. The van der Waals surface area contributed by atoms with E-state index in [1.54, 1.807) is 27.7 Å². The molecule has 0 N–H and O–H groups in total. The minimum absolute atomic E-state index is 0. The Labute approximate surface area is 78.2 Å². The fourth-order valence-corrected chi connectivity index (χ4v) is 1.75. The molecule has 0 spiro atoms. The van der Waals surface area contributed by atoms with Crippen LogP contribution in [0.25, 0.3) is 0 Å². The van der Waals surface area contributed by atoms with Crippen molar-refractivity contribution in [1.82, 2.24) is 0 Å². The fourth-order valence-electron chi connectivity index (χ4n) is 0.330. The molecule has 1 atom stereocenters. The molecule has 0 saturated carbocycles. The van der Waals surface area contributed by atoms with Crippen LogP contribution < -0.4 is 27.8 Å². The maximum absolute atomic E-state index is 2.21. The molecule has 0 radical (unpaired) electrons. The second-order valence-electron chi connectivity index (χ2n) is 1.08. The van der Waals surface area contributed by atoms with E-state index in [4.69, 9.17) is 0 Å². The molecule has 0 aliphatic heterocycles. The summed E-state index contributed by atoms with van der Waals surface area (Å²) in [6.07, 6.45) is 0. The van der Waals surface area contributed by atoms with Crippen LogP contribution in [0.3, 0.4) is 0 Å². The molecule has 0 fully saturated rings. The van der Waals surface area contributed by atoms with Gasteiger partial charge in [-0.05, 0) is 0 Å². The van der Waals surface area contributed by atoms with Gasteiger partial charge in [-0.25, -0.2) is 0 Å². The van der Waals surface area contributed by atoms with E-state index in [2.05, 4.69) is 17.9 Å². The molecule has 1 rings (SSSR count).